The molecule has 0 spiro atoms. The van der Waals surface area contributed by atoms with Crippen molar-refractivity contribution >= 4 is 0 Å². The third-order valence-corrected chi connectivity index (χ3v) is 1.97. The first-order chi connectivity index (χ1) is 7.06. The highest BCUT2D eigenvalue weighted by atomic mass is 16.5. The van der Waals surface area contributed by atoms with Crippen LogP contribution in [0.2, 0.25) is 0 Å². The van der Waals surface area contributed by atoms with Crippen LogP contribution in [0.3, 0.4) is 0 Å². The number of hydrogen-bond acceptors (Lipinski definition) is 4. The zero-order valence-electron chi connectivity index (χ0n) is 10.4. The summed E-state index contributed by atoms with van der Waals surface area (Å²) in [6.45, 7) is 9.23. The van der Waals surface area contributed by atoms with Crippen LogP contribution in [-0.2, 0) is 9.47 Å². The summed E-state index contributed by atoms with van der Waals surface area (Å²) < 4.78 is 10.6. The van der Waals surface area contributed by atoms with Crippen molar-refractivity contribution < 1.29 is 14.6 Å². The van der Waals surface area contributed by atoms with Crippen LogP contribution in [0.5, 0.6) is 0 Å². The van der Waals surface area contributed by atoms with Crippen molar-refractivity contribution in [2.24, 2.45) is 0 Å². The fourth-order valence-corrected chi connectivity index (χ4v) is 1.17. The molecule has 15 heavy (non-hydrogen) atoms. The maximum Gasteiger partial charge on any atom is 0.0900 e. The third kappa shape index (κ3) is 10.1. The Kier molecular flexibility index (Phi) is 9.00. The Morgan fingerprint density at radius 2 is 2.00 bits per heavy atom. The molecule has 0 bridgehead atoms. The Labute approximate surface area is 93.2 Å². The quantitative estimate of drug-likeness (QED) is 0.581. The highest BCUT2D eigenvalue weighted by Gasteiger charge is 2.08. The number of nitrogens with zero attached hydrogens (tertiary/aromatic N) is 1. The Morgan fingerprint density at radius 1 is 1.33 bits per heavy atom. The lowest BCUT2D eigenvalue weighted by Crippen LogP contribution is -2.34. The fraction of sp³-hybridized carbons (Fsp3) is 1.00. The number of aliphatic hydroxyl groups excluding tert-OH is 1. The SMILES string of the molecule is CCOCCN(C)CC(O)COC(C)C. The van der Waals surface area contributed by atoms with Crippen molar-refractivity contribution in [3.05, 3.63) is 0 Å². The van der Waals surface area contributed by atoms with E-state index in [0.29, 0.717) is 19.8 Å². The van der Waals surface area contributed by atoms with Crippen LogP contribution in [0.15, 0.2) is 0 Å². The molecule has 0 saturated heterocycles. The molecule has 0 aliphatic carbocycles. The first-order valence-corrected chi connectivity index (χ1v) is 5.62. The molecule has 4 nitrogen and oxygen atoms in total. The number of rotatable bonds is 9. The van der Waals surface area contributed by atoms with Gasteiger partial charge in [-0.15, -0.1) is 0 Å². The van der Waals surface area contributed by atoms with Gasteiger partial charge in [0.05, 0.1) is 25.4 Å². The number of hydrogen-bond donors (Lipinski definition) is 1. The van der Waals surface area contributed by atoms with Crippen LogP contribution in [0.4, 0.5) is 0 Å². The molecule has 92 valence electrons. The molecular weight excluding hydrogens is 194 g/mol. The minimum Gasteiger partial charge on any atom is -0.389 e. The molecular formula is C11H25NO3. The van der Waals surface area contributed by atoms with Gasteiger partial charge in [0.2, 0.25) is 0 Å². The molecule has 0 aromatic heterocycles. The van der Waals surface area contributed by atoms with E-state index in [1.807, 2.05) is 32.7 Å². The highest BCUT2D eigenvalue weighted by molar-refractivity contribution is 4.60. The molecule has 1 atom stereocenters. The van der Waals surface area contributed by atoms with Crippen molar-refractivity contribution in [2.75, 3.05) is 40.0 Å². The van der Waals surface area contributed by atoms with Crippen LogP contribution in [0, 0.1) is 0 Å². The predicted molar refractivity (Wildman–Crippen MR) is 61.1 cm³/mol. The topological polar surface area (TPSA) is 41.9 Å². The second-order valence-corrected chi connectivity index (χ2v) is 4.00. The molecule has 0 fully saturated rings. The van der Waals surface area contributed by atoms with E-state index in [1.165, 1.54) is 0 Å². The number of likely N-dealkylation sites (N-methyl/N-ethyl adjacent to an activating group) is 1. The highest BCUT2D eigenvalue weighted by Crippen LogP contribution is 1.94. The smallest absolute Gasteiger partial charge is 0.0900 e. The molecule has 0 radical (unpaired) electrons. The van der Waals surface area contributed by atoms with Gasteiger partial charge in [-0.3, -0.25) is 0 Å². The van der Waals surface area contributed by atoms with Crippen LogP contribution >= 0.6 is 0 Å². The lowest BCUT2D eigenvalue weighted by Gasteiger charge is -2.21. The first kappa shape index (κ1) is 14.8. The molecule has 0 aromatic carbocycles. The van der Waals surface area contributed by atoms with E-state index < -0.39 is 6.10 Å². The minimum absolute atomic E-state index is 0.174. The Morgan fingerprint density at radius 3 is 2.53 bits per heavy atom. The molecule has 0 amide bonds. The van der Waals surface area contributed by atoms with E-state index in [-0.39, 0.29) is 6.10 Å². The Bertz CT molecular complexity index is 142. The molecule has 1 unspecified atom stereocenters. The summed E-state index contributed by atoms with van der Waals surface area (Å²) in [4.78, 5) is 2.05. The summed E-state index contributed by atoms with van der Waals surface area (Å²) in [7, 11) is 1.97. The van der Waals surface area contributed by atoms with Crippen LogP contribution in [0.25, 0.3) is 0 Å². The van der Waals surface area contributed by atoms with Gasteiger partial charge in [-0.25, -0.2) is 0 Å². The zero-order valence-corrected chi connectivity index (χ0v) is 10.4. The van der Waals surface area contributed by atoms with Gasteiger partial charge in [-0.2, -0.15) is 0 Å². The largest absolute Gasteiger partial charge is 0.389 e. The lowest BCUT2D eigenvalue weighted by molar-refractivity contribution is -0.00820. The van der Waals surface area contributed by atoms with Crippen molar-refractivity contribution in [3.63, 3.8) is 0 Å². The second kappa shape index (κ2) is 9.09. The van der Waals surface area contributed by atoms with Gasteiger partial charge in [0.15, 0.2) is 0 Å². The van der Waals surface area contributed by atoms with Crippen LogP contribution in [-0.4, -0.2) is 62.2 Å². The molecule has 0 aliphatic rings. The van der Waals surface area contributed by atoms with Crippen LogP contribution in [0.1, 0.15) is 20.8 Å². The van der Waals surface area contributed by atoms with E-state index in [0.717, 1.165) is 13.2 Å². The molecule has 0 aromatic rings. The molecule has 4 heteroatoms. The molecule has 0 rings (SSSR count). The van der Waals surface area contributed by atoms with Gasteiger partial charge in [-0.05, 0) is 27.8 Å². The van der Waals surface area contributed by atoms with Crippen molar-refractivity contribution in [2.45, 2.75) is 33.0 Å². The summed E-state index contributed by atoms with van der Waals surface area (Å²) in [5.74, 6) is 0. The van der Waals surface area contributed by atoms with Gasteiger partial charge in [-0.1, -0.05) is 0 Å². The van der Waals surface area contributed by atoms with Gasteiger partial charge < -0.3 is 19.5 Å². The third-order valence-electron chi connectivity index (χ3n) is 1.97. The lowest BCUT2D eigenvalue weighted by atomic mass is 10.3. The van der Waals surface area contributed by atoms with Gasteiger partial charge in [0, 0.05) is 19.7 Å². The second-order valence-electron chi connectivity index (χ2n) is 4.00. The summed E-state index contributed by atoms with van der Waals surface area (Å²) >= 11 is 0. The fourth-order valence-electron chi connectivity index (χ4n) is 1.17. The minimum atomic E-state index is -0.418. The van der Waals surface area contributed by atoms with Crippen molar-refractivity contribution in [1.29, 1.82) is 0 Å². The summed E-state index contributed by atoms with van der Waals surface area (Å²) in [6.07, 6.45) is -0.243. The molecule has 0 aliphatic heterocycles. The summed E-state index contributed by atoms with van der Waals surface area (Å²) in [6, 6.07) is 0. The maximum absolute atomic E-state index is 9.62. The van der Waals surface area contributed by atoms with Gasteiger partial charge in [0.25, 0.3) is 0 Å². The normalized spacial score (nSPS) is 13.8. The first-order valence-electron chi connectivity index (χ1n) is 5.62. The van der Waals surface area contributed by atoms with Crippen molar-refractivity contribution in [1.82, 2.24) is 4.90 Å². The van der Waals surface area contributed by atoms with Gasteiger partial charge >= 0.3 is 0 Å². The average molecular weight is 219 g/mol. The van der Waals surface area contributed by atoms with E-state index >= 15 is 0 Å². The number of ether oxygens (including phenoxy) is 2. The Balaban J connectivity index is 3.44. The molecule has 1 N–H and O–H groups in total. The monoisotopic (exact) mass is 219 g/mol. The standard InChI is InChI=1S/C11H25NO3/c1-5-14-7-6-12(4)8-11(13)9-15-10(2)3/h10-11,13H,5-9H2,1-4H3. The molecule has 0 saturated carbocycles. The van der Waals surface area contributed by atoms with Crippen LogP contribution < -0.4 is 0 Å². The van der Waals surface area contributed by atoms with E-state index in [9.17, 15) is 5.11 Å². The van der Waals surface area contributed by atoms with E-state index in [4.69, 9.17) is 9.47 Å². The Hall–Kier alpha value is -0.160. The van der Waals surface area contributed by atoms with E-state index in [1.54, 1.807) is 0 Å². The van der Waals surface area contributed by atoms with Crippen molar-refractivity contribution in [3.8, 4) is 0 Å². The predicted octanol–water partition coefficient (Wildman–Crippen LogP) is 0.741. The molecule has 0 heterocycles. The van der Waals surface area contributed by atoms with Gasteiger partial charge in [0.1, 0.15) is 0 Å². The average Bonchev–Trinajstić information content (AvgIpc) is 2.15. The van der Waals surface area contributed by atoms with E-state index in [2.05, 4.69) is 0 Å². The zero-order chi connectivity index (χ0) is 11.7. The summed E-state index contributed by atoms with van der Waals surface area (Å²) in [5.41, 5.74) is 0. The summed E-state index contributed by atoms with van der Waals surface area (Å²) in [5, 5.41) is 9.62. The number of aliphatic hydroxyl groups is 1. The maximum atomic E-state index is 9.62.